The fourth-order valence-electron chi connectivity index (χ4n) is 1.44. The van der Waals surface area contributed by atoms with Gasteiger partial charge in [0.2, 0.25) is 0 Å². The lowest BCUT2D eigenvalue weighted by atomic mass is 10.2. The van der Waals surface area contributed by atoms with Gasteiger partial charge in [-0.15, -0.1) is 0 Å². The van der Waals surface area contributed by atoms with E-state index in [1.165, 1.54) is 0 Å². The third-order valence-corrected chi connectivity index (χ3v) is 2.23. The van der Waals surface area contributed by atoms with Crippen molar-refractivity contribution in [3.8, 4) is 0 Å². The van der Waals surface area contributed by atoms with E-state index in [0.29, 0.717) is 0 Å². The molecule has 0 radical (unpaired) electrons. The number of aliphatic imine (C=N–C) groups is 1. The lowest BCUT2D eigenvalue weighted by Crippen LogP contribution is -2.42. The van der Waals surface area contributed by atoms with Crippen molar-refractivity contribution in [3.63, 3.8) is 0 Å². The average Bonchev–Trinajstić information content (AvgIpc) is 2.20. The Morgan fingerprint density at radius 2 is 2.08 bits per heavy atom. The summed E-state index contributed by atoms with van der Waals surface area (Å²) < 4.78 is 0. The van der Waals surface area contributed by atoms with Crippen molar-refractivity contribution in [1.82, 2.24) is 10.2 Å². The second kappa shape index (κ2) is 4.82. The molecule has 3 heteroatoms. The van der Waals surface area contributed by atoms with E-state index in [0.717, 1.165) is 37.6 Å². The minimum absolute atomic E-state index is 0.969. The summed E-state index contributed by atoms with van der Waals surface area (Å²) in [6.45, 7) is 13.4. The van der Waals surface area contributed by atoms with Crippen LogP contribution in [-0.4, -0.2) is 37.8 Å². The zero-order chi connectivity index (χ0) is 9.68. The van der Waals surface area contributed by atoms with Gasteiger partial charge in [0.05, 0.1) is 0 Å². The molecule has 1 aliphatic heterocycles. The number of nitrogens with zero attached hydrogens (tertiary/aromatic N) is 2. The quantitative estimate of drug-likeness (QED) is 0.517. The number of piperazine rings is 1. The van der Waals surface area contributed by atoms with E-state index in [9.17, 15) is 0 Å². The first-order valence-electron chi connectivity index (χ1n) is 4.55. The molecule has 3 nitrogen and oxygen atoms in total. The summed E-state index contributed by atoms with van der Waals surface area (Å²) in [7, 11) is 0. The minimum atomic E-state index is 0.969. The second-order valence-electron chi connectivity index (χ2n) is 3.11. The number of hydrogen-bond acceptors (Lipinski definition) is 3. The molecular weight excluding hydrogens is 162 g/mol. The Morgan fingerprint density at radius 1 is 1.46 bits per heavy atom. The molecule has 0 unspecified atom stereocenters. The Balaban J connectivity index is 2.75. The highest BCUT2D eigenvalue weighted by atomic mass is 15.2. The fraction of sp³-hybridized carbons (Fsp3) is 0.500. The summed E-state index contributed by atoms with van der Waals surface area (Å²) in [6.07, 6.45) is 1.83. The maximum absolute atomic E-state index is 4.04. The molecule has 0 spiro atoms. The second-order valence-corrected chi connectivity index (χ2v) is 3.11. The molecular formula is C10H17N3. The lowest BCUT2D eigenvalue weighted by Gasteiger charge is -2.30. The maximum atomic E-state index is 4.04. The zero-order valence-corrected chi connectivity index (χ0v) is 8.21. The van der Waals surface area contributed by atoms with Gasteiger partial charge in [-0.25, -0.2) is 4.99 Å². The van der Waals surface area contributed by atoms with Gasteiger partial charge in [-0.3, -0.25) is 0 Å². The highest BCUT2D eigenvalue weighted by molar-refractivity contribution is 5.32. The van der Waals surface area contributed by atoms with Gasteiger partial charge in [-0.2, -0.15) is 0 Å². The van der Waals surface area contributed by atoms with Gasteiger partial charge in [-0.1, -0.05) is 12.7 Å². The summed E-state index contributed by atoms with van der Waals surface area (Å²) in [5.41, 5.74) is 1.09. The van der Waals surface area contributed by atoms with Gasteiger partial charge in [-0.05, 0) is 19.2 Å². The molecule has 0 atom stereocenters. The summed E-state index contributed by atoms with van der Waals surface area (Å²) in [6, 6.07) is 0. The highest BCUT2D eigenvalue weighted by Crippen LogP contribution is 2.12. The molecule has 1 N–H and O–H groups in total. The first-order chi connectivity index (χ1) is 6.29. The Hall–Kier alpha value is -1.09. The van der Waals surface area contributed by atoms with Gasteiger partial charge < -0.3 is 10.2 Å². The van der Waals surface area contributed by atoms with Crippen LogP contribution in [0.1, 0.15) is 6.92 Å². The highest BCUT2D eigenvalue weighted by Gasteiger charge is 2.12. The van der Waals surface area contributed by atoms with Crippen molar-refractivity contribution in [3.05, 3.63) is 24.0 Å². The molecule has 1 fully saturated rings. The van der Waals surface area contributed by atoms with Gasteiger partial charge in [0.25, 0.3) is 0 Å². The van der Waals surface area contributed by atoms with Crippen LogP contribution in [0.4, 0.5) is 0 Å². The summed E-state index contributed by atoms with van der Waals surface area (Å²) in [4.78, 5) is 6.28. The number of allylic oxidation sites excluding steroid dienone is 2. The van der Waals surface area contributed by atoms with Gasteiger partial charge >= 0.3 is 0 Å². The topological polar surface area (TPSA) is 27.6 Å². The maximum Gasteiger partial charge on any atom is 0.130 e. The van der Waals surface area contributed by atoms with Crippen LogP contribution in [0.25, 0.3) is 0 Å². The van der Waals surface area contributed by atoms with Crippen molar-refractivity contribution < 1.29 is 0 Å². The molecule has 13 heavy (non-hydrogen) atoms. The predicted molar refractivity (Wildman–Crippen MR) is 56.9 cm³/mol. The van der Waals surface area contributed by atoms with Crippen molar-refractivity contribution in [1.29, 1.82) is 0 Å². The van der Waals surface area contributed by atoms with Crippen LogP contribution in [0.3, 0.4) is 0 Å². The number of hydrogen-bond donors (Lipinski definition) is 1. The summed E-state index contributed by atoms with van der Waals surface area (Å²) in [5, 5.41) is 3.30. The normalized spacial score (nSPS) is 19.3. The van der Waals surface area contributed by atoms with Gasteiger partial charge in [0.15, 0.2) is 0 Å². The average molecular weight is 179 g/mol. The molecule has 0 amide bonds. The molecule has 72 valence electrons. The van der Waals surface area contributed by atoms with Gasteiger partial charge in [0, 0.05) is 26.2 Å². The first kappa shape index (κ1) is 9.99. The Morgan fingerprint density at radius 3 is 2.54 bits per heavy atom. The SMILES string of the molecule is C=C/C(C)=C(\N=C)N1CCNCC1. The van der Waals surface area contributed by atoms with E-state index < -0.39 is 0 Å². The van der Waals surface area contributed by atoms with Crippen molar-refractivity contribution in [2.45, 2.75) is 6.92 Å². The van der Waals surface area contributed by atoms with Crippen molar-refractivity contribution in [2.24, 2.45) is 4.99 Å². The molecule has 1 rings (SSSR count). The van der Waals surface area contributed by atoms with E-state index in [2.05, 4.69) is 28.5 Å². The lowest BCUT2D eigenvalue weighted by molar-refractivity contribution is 0.295. The molecule has 1 aliphatic rings. The molecule has 1 saturated heterocycles. The molecule has 0 aromatic rings. The van der Waals surface area contributed by atoms with Crippen LogP contribution in [0, 0.1) is 0 Å². The third-order valence-electron chi connectivity index (χ3n) is 2.23. The number of nitrogens with one attached hydrogen (secondary N) is 1. The third kappa shape index (κ3) is 2.42. The molecule has 0 aromatic heterocycles. The predicted octanol–water partition coefficient (Wildman–Crippen LogP) is 1.01. The van der Waals surface area contributed by atoms with E-state index in [-0.39, 0.29) is 0 Å². The molecule has 0 aliphatic carbocycles. The van der Waals surface area contributed by atoms with Crippen molar-refractivity contribution in [2.75, 3.05) is 26.2 Å². The Kier molecular flexibility index (Phi) is 3.71. The van der Waals surface area contributed by atoms with E-state index in [1.54, 1.807) is 0 Å². The van der Waals surface area contributed by atoms with E-state index in [1.807, 2.05) is 13.0 Å². The Labute approximate surface area is 79.8 Å². The molecule has 0 aromatic carbocycles. The van der Waals surface area contributed by atoms with Crippen LogP contribution in [0.2, 0.25) is 0 Å². The van der Waals surface area contributed by atoms with Crippen LogP contribution >= 0.6 is 0 Å². The Bertz CT molecular complexity index is 224. The summed E-state index contributed by atoms with van der Waals surface area (Å²) in [5.74, 6) is 0.969. The van der Waals surface area contributed by atoms with E-state index in [4.69, 9.17) is 0 Å². The van der Waals surface area contributed by atoms with E-state index >= 15 is 0 Å². The van der Waals surface area contributed by atoms with Crippen LogP contribution in [-0.2, 0) is 0 Å². The minimum Gasteiger partial charge on any atom is -0.354 e. The van der Waals surface area contributed by atoms with Crippen LogP contribution < -0.4 is 5.32 Å². The van der Waals surface area contributed by atoms with Crippen molar-refractivity contribution >= 4 is 6.72 Å². The molecule has 0 bridgehead atoms. The molecule has 1 heterocycles. The summed E-state index contributed by atoms with van der Waals surface area (Å²) >= 11 is 0. The largest absolute Gasteiger partial charge is 0.354 e. The smallest absolute Gasteiger partial charge is 0.130 e. The first-order valence-corrected chi connectivity index (χ1v) is 4.55. The van der Waals surface area contributed by atoms with Gasteiger partial charge in [0.1, 0.15) is 5.82 Å². The monoisotopic (exact) mass is 179 g/mol. The number of rotatable bonds is 3. The standard InChI is InChI=1S/C10H17N3/c1-4-9(2)10(11-3)13-7-5-12-6-8-13/h4,12H,1,3,5-8H2,2H3/b10-9+. The molecule has 0 saturated carbocycles. The fourth-order valence-corrected chi connectivity index (χ4v) is 1.44. The van der Waals surface area contributed by atoms with Crippen LogP contribution in [0.15, 0.2) is 29.0 Å². The van der Waals surface area contributed by atoms with Crippen LogP contribution in [0.5, 0.6) is 0 Å². The zero-order valence-electron chi connectivity index (χ0n) is 8.21.